The van der Waals surface area contributed by atoms with E-state index >= 15 is 0 Å². The second kappa shape index (κ2) is 10.9. The van der Waals surface area contributed by atoms with Gasteiger partial charge in [0, 0.05) is 41.7 Å². The van der Waals surface area contributed by atoms with Crippen molar-refractivity contribution in [3.8, 4) is 28.5 Å². The zero-order chi connectivity index (χ0) is 28.4. The summed E-state index contributed by atoms with van der Waals surface area (Å²) in [7, 11) is -3.24. The number of methoxy groups -OCH3 is 1. The molecule has 1 aliphatic rings. The van der Waals surface area contributed by atoms with Crippen LogP contribution in [-0.4, -0.2) is 44.7 Å². The van der Waals surface area contributed by atoms with Crippen LogP contribution in [0.15, 0.2) is 77.6 Å². The molecule has 1 saturated heterocycles. The number of hydroxylamine groups is 2. The number of carbonyl (C=O) groups is 3. The highest BCUT2D eigenvalue weighted by Gasteiger charge is 2.33. The first kappa shape index (κ1) is 26.9. The number of oxazole rings is 1. The number of carbonyl (C=O) groups excluding carboxylic acids is 3. The van der Waals surface area contributed by atoms with E-state index in [1.807, 2.05) is 10.6 Å². The van der Waals surface area contributed by atoms with Gasteiger partial charge in [-0.05, 0) is 30.3 Å². The minimum atomic E-state index is -4.57. The lowest BCUT2D eigenvalue weighted by Gasteiger charge is -2.12. The van der Waals surface area contributed by atoms with E-state index in [1.165, 1.54) is 31.5 Å². The van der Waals surface area contributed by atoms with Crippen molar-refractivity contribution in [3.05, 3.63) is 84.3 Å². The molecule has 0 saturated carbocycles. The van der Waals surface area contributed by atoms with E-state index in [4.69, 9.17) is 14.0 Å². The van der Waals surface area contributed by atoms with Gasteiger partial charge < -0.3 is 23.8 Å². The molecule has 0 atom stereocenters. The topological polar surface area (TPSA) is 160 Å². The standard InChI is InChI=1S/C27H22N3O9P/c1-37-21-6-5-19(14-23(21)40(34,35)36)22-15-28-26(38-22)18-9-11-29(12-10-18)16-17-3-2-4-20(13-17)27(33)39-30-24(31)7-8-25(30)32/h2-6,9-15H,7-8,16H2,1H3,(H-,34,35,36)/p+1. The maximum Gasteiger partial charge on any atom is 0.363 e. The number of benzene rings is 2. The Balaban J connectivity index is 1.28. The Labute approximate surface area is 227 Å². The van der Waals surface area contributed by atoms with E-state index in [9.17, 15) is 28.7 Å². The van der Waals surface area contributed by atoms with Gasteiger partial charge in [-0.1, -0.05) is 12.1 Å². The number of amides is 2. The third-order valence-electron chi connectivity index (χ3n) is 6.13. The molecule has 0 unspecified atom stereocenters. The second-order valence-electron chi connectivity index (χ2n) is 8.88. The van der Waals surface area contributed by atoms with Crippen molar-refractivity contribution >= 4 is 30.7 Å². The normalized spacial score (nSPS) is 13.5. The van der Waals surface area contributed by atoms with Gasteiger partial charge >= 0.3 is 13.6 Å². The van der Waals surface area contributed by atoms with Crippen molar-refractivity contribution in [2.24, 2.45) is 0 Å². The molecular formula is C27H23N3O9P+. The third-order valence-corrected chi connectivity index (χ3v) is 7.11. The fourth-order valence-corrected chi connectivity index (χ4v) is 4.88. The van der Waals surface area contributed by atoms with Gasteiger partial charge in [0.15, 0.2) is 24.7 Å². The fourth-order valence-electron chi connectivity index (χ4n) is 4.12. The van der Waals surface area contributed by atoms with E-state index < -0.39 is 25.4 Å². The minimum absolute atomic E-state index is 0.0205. The molecule has 0 aliphatic carbocycles. The van der Waals surface area contributed by atoms with Crippen molar-refractivity contribution in [2.75, 3.05) is 7.11 Å². The predicted molar refractivity (Wildman–Crippen MR) is 138 cm³/mol. The van der Waals surface area contributed by atoms with Crippen molar-refractivity contribution in [2.45, 2.75) is 19.4 Å². The highest BCUT2D eigenvalue weighted by molar-refractivity contribution is 7.60. The van der Waals surface area contributed by atoms with Crippen LogP contribution in [0.1, 0.15) is 28.8 Å². The van der Waals surface area contributed by atoms with Gasteiger partial charge in [-0.3, -0.25) is 14.2 Å². The van der Waals surface area contributed by atoms with Crippen molar-refractivity contribution in [1.29, 1.82) is 0 Å². The molecule has 12 nitrogen and oxygen atoms in total. The number of aromatic nitrogens is 2. The summed E-state index contributed by atoms with van der Waals surface area (Å²) in [6.45, 7) is 0.414. The van der Waals surface area contributed by atoms with E-state index in [-0.39, 0.29) is 29.5 Å². The third kappa shape index (κ3) is 5.69. The van der Waals surface area contributed by atoms with Crippen molar-refractivity contribution < 1.29 is 47.3 Å². The molecule has 0 radical (unpaired) electrons. The summed E-state index contributed by atoms with van der Waals surface area (Å²) in [5, 5.41) is 0.267. The maximum atomic E-state index is 12.5. The highest BCUT2D eigenvalue weighted by Crippen LogP contribution is 2.39. The SMILES string of the molecule is COc1ccc(-c2cnc(-c3cc[n+](Cc4cccc(C(=O)ON5C(=O)CCC5=O)c4)cc3)o2)cc1P(=O)(O)O. The Bertz CT molecular complexity index is 1640. The molecule has 13 heteroatoms. The number of imide groups is 1. The first-order chi connectivity index (χ1) is 19.1. The van der Waals surface area contributed by atoms with E-state index in [0.717, 1.165) is 5.56 Å². The molecular weight excluding hydrogens is 541 g/mol. The molecule has 2 amide bonds. The molecule has 5 rings (SSSR count). The second-order valence-corrected chi connectivity index (χ2v) is 10.5. The maximum absolute atomic E-state index is 12.5. The van der Waals surface area contributed by atoms with Crippen LogP contribution in [0.2, 0.25) is 0 Å². The molecule has 2 N–H and O–H groups in total. The summed E-state index contributed by atoms with van der Waals surface area (Å²) in [6, 6.07) is 14.6. The van der Waals surface area contributed by atoms with Gasteiger partial charge in [-0.25, -0.2) is 14.3 Å². The largest absolute Gasteiger partial charge is 0.496 e. The summed E-state index contributed by atoms with van der Waals surface area (Å²) in [6.07, 6.45) is 5.10. The lowest BCUT2D eigenvalue weighted by molar-refractivity contribution is -0.688. The van der Waals surface area contributed by atoms with E-state index in [2.05, 4.69) is 4.98 Å². The van der Waals surface area contributed by atoms with Crippen LogP contribution in [0, 0.1) is 0 Å². The van der Waals surface area contributed by atoms with Gasteiger partial charge in [0.2, 0.25) is 5.89 Å². The predicted octanol–water partition coefficient (Wildman–Crippen LogP) is 2.38. The zero-order valence-electron chi connectivity index (χ0n) is 21.1. The lowest BCUT2D eigenvalue weighted by atomic mass is 10.1. The van der Waals surface area contributed by atoms with Crippen LogP contribution < -0.4 is 14.6 Å². The Hall–Kier alpha value is -4.64. The quantitative estimate of drug-likeness (QED) is 0.185. The first-order valence-corrected chi connectivity index (χ1v) is 13.6. The molecule has 2 aromatic heterocycles. The molecule has 1 fully saturated rings. The van der Waals surface area contributed by atoms with Crippen LogP contribution >= 0.6 is 7.60 Å². The summed E-state index contributed by atoms with van der Waals surface area (Å²) in [5.41, 5.74) is 2.09. The molecule has 40 heavy (non-hydrogen) atoms. The molecule has 0 spiro atoms. The molecule has 2 aromatic carbocycles. The summed E-state index contributed by atoms with van der Waals surface area (Å²) < 4.78 is 24.6. The lowest BCUT2D eigenvalue weighted by Crippen LogP contribution is -2.33. The highest BCUT2D eigenvalue weighted by atomic mass is 31.2. The van der Waals surface area contributed by atoms with Crippen molar-refractivity contribution in [3.63, 3.8) is 0 Å². The van der Waals surface area contributed by atoms with Crippen molar-refractivity contribution in [1.82, 2.24) is 10.0 Å². The molecule has 3 heterocycles. The zero-order valence-corrected chi connectivity index (χ0v) is 22.0. The van der Waals surface area contributed by atoms with E-state index in [1.54, 1.807) is 42.7 Å². The van der Waals surface area contributed by atoms with Crippen LogP contribution in [0.3, 0.4) is 0 Å². The van der Waals surface area contributed by atoms with Gasteiger partial charge in [-0.15, -0.1) is 5.06 Å². The average Bonchev–Trinajstić information content (AvgIpc) is 3.56. The van der Waals surface area contributed by atoms with Crippen LogP contribution in [-0.2, 0) is 25.5 Å². The number of pyridine rings is 1. The summed E-state index contributed by atoms with van der Waals surface area (Å²) in [5.74, 6) is -1.17. The fraction of sp³-hybridized carbons (Fsp3) is 0.148. The Kier molecular flexibility index (Phi) is 7.31. The number of nitrogens with zero attached hydrogens (tertiary/aromatic N) is 3. The number of hydrogen-bond acceptors (Lipinski definition) is 8. The van der Waals surface area contributed by atoms with Gasteiger partial charge in [0.25, 0.3) is 11.8 Å². The van der Waals surface area contributed by atoms with Crippen LogP contribution in [0.5, 0.6) is 5.75 Å². The Morgan fingerprint density at radius 3 is 2.45 bits per heavy atom. The minimum Gasteiger partial charge on any atom is -0.496 e. The smallest absolute Gasteiger partial charge is 0.363 e. The summed E-state index contributed by atoms with van der Waals surface area (Å²) in [4.78, 5) is 64.5. The molecule has 4 aromatic rings. The molecule has 1 aliphatic heterocycles. The number of ether oxygens (including phenoxy) is 1. The number of rotatable bonds is 8. The molecule has 0 bridgehead atoms. The monoisotopic (exact) mass is 564 g/mol. The Morgan fingerprint density at radius 2 is 1.77 bits per heavy atom. The molecule has 204 valence electrons. The van der Waals surface area contributed by atoms with Crippen LogP contribution in [0.25, 0.3) is 22.8 Å². The van der Waals surface area contributed by atoms with Gasteiger partial charge in [-0.2, -0.15) is 0 Å². The van der Waals surface area contributed by atoms with Gasteiger partial charge in [0.1, 0.15) is 11.1 Å². The Morgan fingerprint density at radius 1 is 1.05 bits per heavy atom. The summed E-state index contributed by atoms with van der Waals surface area (Å²) >= 11 is 0. The number of hydrogen-bond donors (Lipinski definition) is 2. The first-order valence-electron chi connectivity index (χ1n) is 12.0. The van der Waals surface area contributed by atoms with E-state index in [0.29, 0.717) is 34.4 Å². The van der Waals surface area contributed by atoms with Gasteiger partial charge in [0.05, 0.1) is 18.9 Å². The van der Waals surface area contributed by atoms with Crippen LogP contribution in [0.4, 0.5) is 0 Å². The average molecular weight is 564 g/mol.